The summed E-state index contributed by atoms with van der Waals surface area (Å²) in [5, 5.41) is 15.1. The third-order valence-corrected chi connectivity index (χ3v) is 7.31. The molecule has 7 N–H and O–H groups in total. The van der Waals surface area contributed by atoms with E-state index in [1.165, 1.54) is 47.2 Å². The normalized spacial score (nSPS) is 22.7. The van der Waals surface area contributed by atoms with Crippen LogP contribution in [0.2, 0.25) is 0 Å². The number of carbonyl (C=O) groups is 1. The van der Waals surface area contributed by atoms with Crippen molar-refractivity contribution in [2.24, 2.45) is 17.4 Å². The molecule has 5 unspecified atom stereocenters. The minimum Gasteiger partial charge on any atom is -0.378 e. The molecule has 1 heterocycles. The van der Waals surface area contributed by atoms with Gasteiger partial charge in [0.05, 0.1) is 5.41 Å². The van der Waals surface area contributed by atoms with Gasteiger partial charge in [0.2, 0.25) is 5.91 Å². The Morgan fingerprint density at radius 2 is 1.90 bits per heavy atom. The number of allylic oxidation sites excluding steroid dienone is 3. The number of aliphatic hydroxyl groups is 1. The molecule has 0 spiro atoms. The standard InChI is InChI=1S/C17H20N2O.C6H15NO.C5H11N.C2H5F2P/c18-11-5-10-17(16(19)20)14-8-3-1-6-12(14)13-7-2-4-9-15(13)17;1-4-5(2)6(8)7-3;1-2-4-6-5-3-1;1-2(3,4)5/h1-4,6,8-9,13H,5,7,10-11,18H2,(H2,19,20);5-8H,4H2,1-3H3;6H,1-5H2;5H2,1H3. The second-order valence-corrected chi connectivity index (χ2v) is 11.5. The van der Waals surface area contributed by atoms with Gasteiger partial charge >= 0.3 is 0 Å². The van der Waals surface area contributed by atoms with Crippen molar-refractivity contribution in [1.29, 1.82) is 0 Å². The minimum absolute atomic E-state index is 0.248. The lowest BCUT2D eigenvalue weighted by Gasteiger charge is -2.31. The molecule has 1 saturated heterocycles. The Morgan fingerprint density at radius 3 is 2.33 bits per heavy atom. The second-order valence-electron chi connectivity index (χ2n) is 10.5. The molecule has 6 nitrogen and oxygen atoms in total. The van der Waals surface area contributed by atoms with E-state index in [0.29, 0.717) is 24.8 Å². The van der Waals surface area contributed by atoms with Crippen LogP contribution < -0.4 is 22.1 Å². The third kappa shape index (κ3) is 11.4. The summed E-state index contributed by atoms with van der Waals surface area (Å²) in [6.07, 6.45) is 13.6. The molecule has 0 aromatic heterocycles. The van der Waals surface area contributed by atoms with Gasteiger partial charge in [-0.3, -0.25) is 10.1 Å². The molecule has 222 valence electrons. The molecule has 1 aromatic carbocycles. The fourth-order valence-electron chi connectivity index (χ4n) is 5.06. The van der Waals surface area contributed by atoms with E-state index in [0.717, 1.165) is 37.3 Å². The smallest absolute Gasteiger partial charge is 0.256 e. The highest BCUT2D eigenvalue weighted by Gasteiger charge is 2.51. The largest absolute Gasteiger partial charge is 0.378 e. The summed E-state index contributed by atoms with van der Waals surface area (Å²) < 4.78 is 22.0. The highest BCUT2D eigenvalue weighted by atomic mass is 31.0. The zero-order valence-corrected chi connectivity index (χ0v) is 25.3. The average Bonchev–Trinajstić information content (AvgIpc) is 3.22. The number of amides is 1. The number of aliphatic hydroxyl groups excluding tert-OH is 1. The number of halogens is 2. The quantitative estimate of drug-likeness (QED) is 0.236. The van der Waals surface area contributed by atoms with Gasteiger partial charge in [-0.2, -0.15) is 0 Å². The molecule has 1 aliphatic heterocycles. The summed E-state index contributed by atoms with van der Waals surface area (Å²) in [4.78, 5) is 12.4. The number of fused-ring (bicyclic) bond motifs is 3. The van der Waals surface area contributed by atoms with Crippen LogP contribution in [0.1, 0.15) is 82.8 Å². The van der Waals surface area contributed by atoms with Gasteiger partial charge in [-0.25, -0.2) is 8.78 Å². The molecule has 0 radical (unpaired) electrons. The minimum atomic E-state index is -2.58. The number of alkyl halides is 2. The fourth-order valence-corrected chi connectivity index (χ4v) is 5.06. The van der Waals surface area contributed by atoms with Crippen LogP contribution in [-0.2, 0) is 10.2 Å². The molecule has 0 bridgehead atoms. The first-order chi connectivity index (χ1) is 18.4. The maximum Gasteiger partial charge on any atom is 0.256 e. The van der Waals surface area contributed by atoms with Crippen molar-refractivity contribution < 1.29 is 18.7 Å². The number of hydrogen-bond acceptors (Lipinski definition) is 5. The summed E-state index contributed by atoms with van der Waals surface area (Å²) in [6, 6.07) is 8.20. The Bertz CT molecular complexity index is 893. The number of nitrogens with two attached hydrogens (primary N) is 2. The first kappa shape index (κ1) is 35.3. The van der Waals surface area contributed by atoms with Crippen LogP contribution in [0.25, 0.3) is 0 Å². The van der Waals surface area contributed by atoms with Gasteiger partial charge in [0, 0.05) is 12.8 Å². The predicted molar refractivity (Wildman–Crippen MR) is 162 cm³/mol. The van der Waals surface area contributed by atoms with Gasteiger partial charge in [-0.05, 0) is 87.8 Å². The molecule has 1 amide bonds. The number of hydrogen-bond donors (Lipinski definition) is 5. The lowest BCUT2D eigenvalue weighted by atomic mass is 9.72. The number of carbonyl (C=O) groups excluding carboxylic acids is 1. The van der Waals surface area contributed by atoms with Gasteiger partial charge in [-0.15, -0.1) is 0 Å². The van der Waals surface area contributed by atoms with Crippen molar-refractivity contribution in [2.75, 3.05) is 26.7 Å². The number of piperidine rings is 1. The molecular weight excluding hydrogens is 517 g/mol. The molecule has 1 aromatic rings. The van der Waals surface area contributed by atoms with E-state index >= 15 is 0 Å². The zero-order chi connectivity index (χ0) is 29.5. The maximum atomic E-state index is 12.4. The van der Waals surface area contributed by atoms with E-state index in [-0.39, 0.29) is 12.1 Å². The van der Waals surface area contributed by atoms with Crippen molar-refractivity contribution in [3.05, 3.63) is 59.2 Å². The first-order valence-corrected chi connectivity index (χ1v) is 14.7. The van der Waals surface area contributed by atoms with Crippen LogP contribution in [0.4, 0.5) is 8.78 Å². The molecule has 39 heavy (non-hydrogen) atoms. The van der Waals surface area contributed by atoms with Gasteiger partial charge in [0.15, 0.2) is 0 Å². The Hall–Kier alpha value is -1.70. The number of primary amides is 1. The predicted octanol–water partition coefficient (Wildman–Crippen LogP) is 4.94. The molecule has 1 fully saturated rings. The van der Waals surface area contributed by atoms with Gasteiger partial charge < -0.3 is 21.9 Å². The van der Waals surface area contributed by atoms with Gasteiger partial charge in [-0.1, -0.05) is 72.0 Å². The summed E-state index contributed by atoms with van der Waals surface area (Å²) in [5.74, 6) is 0.406. The van der Waals surface area contributed by atoms with Crippen molar-refractivity contribution in [1.82, 2.24) is 10.6 Å². The van der Waals surface area contributed by atoms with Crippen LogP contribution in [0.3, 0.4) is 0 Å². The van der Waals surface area contributed by atoms with Crippen LogP contribution in [0, 0.1) is 5.92 Å². The summed E-state index contributed by atoms with van der Waals surface area (Å²) in [7, 11) is 3.14. The summed E-state index contributed by atoms with van der Waals surface area (Å²) >= 11 is 0. The highest BCUT2D eigenvalue weighted by Crippen LogP contribution is 2.54. The molecule has 9 heteroatoms. The van der Waals surface area contributed by atoms with Crippen molar-refractivity contribution in [3.63, 3.8) is 0 Å². The van der Waals surface area contributed by atoms with E-state index in [1.807, 2.05) is 25.1 Å². The van der Waals surface area contributed by atoms with E-state index in [9.17, 15) is 13.6 Å². The lowest BCUT2D eigenvalue weighted by molar-refractivity contribution is -0.122. The Labute approximate surface area is 236 Å². The summed E-state index contributed by atoms with van der Waals surface area (Å²) in [5.41, 5.74) is 11.8. The zero-order valence-electron chi connectivity index (χ0n) is 24.2. The van der Waals surface area contributed by atoms with Crippen LogP contribution in [0.5, 0.6) is 0 Å². The van der Waals surface area contributed by atoms with E-state index in [4.69, 9.17) is 16.6 Å². The Morgan fingerprint density at radius 1 is 1.28 bits per heavy atom. The van der Waals surface area contributed by atoms with Gasteiger partial charge in [0.1, 0.15) is 6.23 Å². The van der Waals surface area contributed by atoms with E-state index in [2.05, 4.69) is 41.8 Å². The van der Waals surface area contributed by atoms with Crippen LogP contribution in [0.15, 0.2) is 48.1 Å². The molecule has 3 aliphatic rings. The molecule has 4 rings (SSSR count). The highest BCUT2D eigenvalue weighted by molar-refractivity contribution is 7.18. The van der Waals surface area contributed by atoms with E-state index in [1.54, 1.807) is 7.05 Å². The SMILES string of the molecule is C1CCNCC1.CC(F)(F)P.CCC(C)C(O)NC.NCCCC1(C(N)=O)C2=CC=CCC2c2ccccc21. The van der Waals surface area contributed by atoms with Crippen molar-refractivity contribution >= 4 is 15.1 Å². The molecule has 5 atom stereocenters. The Balaban J connectivity index is 0.000000328. The second kappa shape index (κ2) is 17.9. The Kier molecular flexibility index (Phi) is 16.2. The molecule has 2 aliphatic carbocycles. The third-order valence-electron chi connectivity index (χ3n) is 7.31. The van der Waals surface area contributed by atoms with Gasteiger partial charge in [0.25, 0.3) is 5.66 Å². The first-order valence-electron chi connectivity index (χ1n) is 14.1. The number of rotatable bonds is 7. The maximum absolute atomic E-state index is 12.4. The topological polar surface area (TPSA) is 113 Å². The van der Waals surface area contributed by atoms with E-state index < -0.39 is 11.1 Å². The van der Waals surface area contributed by atoms with Crippen molar-refractivity contribution in [2.45, 2.75) is 88.9 Å². The van der Waals surface area contributed by atoms with Crippen LogP contribution in [-0.4, -0.2) is 49.6 Å². The monoisotopic (exact) mass is 568 g/mol. The average molecular weight is 569 g/mol. The van der Waals surface area contributed by atoms with Crippen LogP contribution >= 0.6 is 9.24 Å². The number of benzene rings is 1. The summed E-state index contributed by atoms with van der Waals surface area (Å²) in [6.45, 7) is 7.97. The lowest BCUT2D eigenvalue weighted by Crippen LogP contribution is -2.41. The molecular formula is C30H51F2N4O2P. The molecule has 0 saturated carbocycles. The number of nitrogens with one attached hydrogen (secondary N) is 2. The fraction of sp³-hybridized carbons (Fsp3) is 0.633. The van der Waals surface area contributed by atoms with Crippen molar-refractivity contribution in [3.8, 4) is 0 Å².